The van der Waals surface area contributed by atoms with Crippen LogP contribution in [0.1, 0.15) is 34.8 Å². The van der Waals surface area contributed by atoms with Gasteiger partial charge in [-0.2, -0.15) is 0 Å². The predicted octanol–water partition coefficient (Wildman–Crippen LogP) is 4.62. The zero-order valence-electron chi connectivity index (χ0n) is 21.9. The molecule has 3 aromatic carbocycles. The number of benzene rings is 3. The van der Waals surface area contributed by atoms with E-state index in [0.717, 1.165) is 29.0 Å². The molecule has 2 aliphatic heterocycles. The molecule has 6 atom stereocenters. The van der Waals surface area contributed by atoms with Gasteiger partial charge in [-0.25, -0.2) is 4.79 Å². The van der Waals surface area contributed by atoms with Gasteiger partial charge in [-0.3, -0.25) is 14.5 Å². The van der Waals surface area contributed by atoms with Gasteiger partial charge in [0.05, 0.1) is 35.4 Å². The molecule has 0 N–H and O–H groups in total. The largest absolute Gasteiger partial charge is 0.489 e. The van der Waals surface area contributed by atoms with E-state index in [4.69, 9.17) is 14.3 Å². The van der Waals surface area contributed by atoms with E-state index in [-0.39, 0.29) is 42.3 Å². The third kappa shape index (κ3) is 3.81. The minimum atomic E-state index is -0.435. The molecule has 0 radical (unpaired) electrons. The number of oxime groups is 1. The van der Waals surface area contributed by atoms with Crippen LogP contribution in [0.3, 0.4) is 0 Å². The quantitative estimate of drug-likeness (QED) is 0.323. The van der Waals surface area contributed by atoms with Crippen molar-refractivity contribution >= 4 is 29.2 Å². The number of hydrogen-bond acceptors (Lipinski definition) is 7. The number of carbonyl (C=O) groups excluding carboxylic acids is 3. The molecule has 202 valence electrons. The average molecular weight is 537 g/mol. The summed E-state index contributed by atoms with van der Waals surface area (Å²) in [5.41, 5.74) is 3.72. The number of fused-ring (bicyclic) bond motifs is 8. The highest BCUT2D eigenvalue weighted by Gasteiger charge is 2.70. The number of carbonyl (C=O) groups is 3. The molecule has 2 amide bonds. The fourth-order valence-electron chi connectivity index (χ4n) is 7.04. The van der Waals surface area contributed by atoms with Crippen molar-refractivity contribution in [3.63, 3.8) is 0 Å². The van der Waals surface area contributed by atoms with Crippen molar-refractivity contribution in [1.82, 2.24) is 0 Å². The molecular weight excluding hydrogens is 508 g/mol. The Morgan fingerprint density at radius 3 is 2.30 bits per heavy atom. The molecule has 0 aromatic heterocycles. The van der Waals surface area contributed by atoms with Crippen LogP contribution in [0.5, 0.6) is 5.75 Å². The number of imide groups is 1. The van der Waals surface area contributed by atoms with E-state index in [1.807, 2.05) is 54.6 Å². The lowest BCUT2D eigenvalue weighted by molar-refractivity contribution is -0.125. The number of nitrogens with zero attached hydrogens (tertiary/aromatic N) is 2. The highest BCUT2D eigenvalue weighted by Crippen LogP contribution is 2.62. The Kier molecular flexibility index (Phi) is 5.91. The van der Waals surface area contributed by atoms with Crippen LogP contribution in [0.4, 0.5) is 5.69 Å². The smallest absolute Gasteiger partial charge is 0.338 e. The van der Waals surface area contributed by atoms with Crippen molar-refractivity contribution in [2.45, 2.75) is 26.1 Å². The number of anilines is 1. The Morgan fingerprint density at radius 1 is 0.900 bits per heavy atom. The van der Waals surface area contributed by atoms with Gasteiger partial charge in [0, 0.05) is 17.4 Å². The van der Waals surface area contributed by atoms with E-state index in [1.165, 1.54) is 4.90 Å². The minimum Gasteiger partial charge on any atom is -0.489 e. The van der Waals surface area contributed by atoms with E-state index >= 15 is 0 Å². The lowest BCUT2D eigenvalue weighted by Crippen LogP contribution is -2.41. The van der Waals surface area contributed by atoms with E-state index in [2.05, 4.69) is 5.16 Å². The third-order valence-electron chi connectivity index (χ3n) is 8.73. The minimum absolute atomic E-state index is 0.0180. The predicted molar refractivity (Wildman–Crippen MR) is 146 cm³/mol. The van der Waals surface area contributed by atoms with E-state index in [1.54, 1.807) is 31.2 Å². The van der Waals surface area contributed by atoms with Crippen molar-refractivity contribution in [1.29, 1.82) is 0 Å². The van der Waals surface area contributed by atoms with Crippen LogP contribution in [0, 0.1) is 29.6 Å². The molecule has 0 unspecified atom stereocenters. The zero-order valence-corrected chi connectivity index (χ0v) is 21.9. The van der Waals surface area contributed by atoms with Gasteiger partial charge >= 0.3 is 5.97 Å². The zero-order chi connectivity index (χ0) is 27.4. The van der Waals surface area contributed by atoms with Crippen LogP contribution in [0.2, 0.25) is 0 Å². The molecule has 8 heteroatoms. The second-order valence-electron chi connectivity index (χ2n) is 10.8. The first-order chi connectivity index (χ1) is 19.5. The molecule has 1 saturated heterocycles. The van der Waals surface area contributed by atoms with Gasteiger partial charge in [-0.1, -0.05) is 35.5 Å². The summed E-state index contributed by atoms with van der Waals surface area (Å²) < 4.78 is 11.0. The van der Waals surface area contributed by atoms with Crippen LogP contribution < -0.4 is 9.64 Å². The fourth-order valence-corrected chi connectivity index (χ4v) is 7.04. The Hall–Kier alpha value is -4.46. The molecule has 2 saturated carbocycles. The number of hydrogen-bond donors (Lipinski definition) is 0. The first-order valence-corrected chi connectivity index (χ1v) is 13.7. The molecular formula is C32H28N2O6. The van der Waals surface area contributed by atoms with Gasteiger partial charge in [-0.15, -0.1) is 0 Å². The van der Waals surface area contributed by atoms with Crippen molar-refractivity contribution < 1.29 is 28.7 Å². The molecule has 2 aliphatic carbocycles. The first-order valence-electron chi connectivity index (χ1n) is 13.7. The molecule has 3 fully saturated rings. The highest BCUT2D eigenvalue weighted by molar-refractivity contribution is 6.23. The summed E-state index contributed by atoms with van der Waals surface area (Å²) in [6.45, 7) is 2.50. The van der Waals surface area contributed by atoms with Crippen molar-refractivity contribution in [2.75, 3.05) is 11.5 Å². The maximum Gasteiger partial charge on any atom is 0.338 e. The van der Waals surface area contributed by atoms with Crippen LogP contribution in [0.25, 0.3) is 0 Å². The molecule has 4 aliphatic rings. The summed E-state index contributed by atoms with van der Waals surface area (Å²) in [6.07, 6.45) is 0.563. The van der Waals surface area contributed by atoms with Gasteiger partial charge in [-0.05, 0) is 73.4 Å². The van der Waals surface area contributed by atoms with Crippen LogP contribution in [-0.2, 0) is 25.8 Å². The Morgan fingerprint density at radius 2 is 1.60 bits per heavy atom. The normalized spacial score (nSPS) is 27.7. The summed E-state index contributed by atoms with van der Waals surface area (Å²) in [6, 6.07) is 24.3. The van der Waals surface area contributed by atoms with Gasteiger partial charge in [0.25, 0.3) is 0 Å². The molecule has 0 spiro atoms. The van der Waals surface area contributed by atoms with E-state index in [9.17, 15) is 14.4 Å². The van der Waals surface area contributed by atoms with Gasteiger partial charge in [0.15, 0.2) is 0 Å². The van der Waals surface area contributed by atoms with E-state index in [0.29, 0.717) is 17.9 Å². The standard InChI is InChI=1S/C32H28N2O6/c1-2-38-32(37)20-8-12-21(13-9-20)34-30(35)25-23-16-24(26(25)31(34)36)29-27(23)28(33-40-29)19-10-14-22(15-11-19)39-17-18-6-4-3-5-7-18/h3-15,23-27,29H,2,16-17H2,1H3/t23-,24+,25-,26+,27-,29-/m1/s1. The van der Waals surface area contributed by atoms with Crippen LogP contribution >= 0.6 is 0 Å². The molecule has 7 rings (SSSR count). The summed E-state index contributed by atoms with van der Waals surface area (Å²) in [5, 5.41) is 4.45. The lowest BCUT2D eigenvalue weighted by Gasteiger charge is -2.29. The number of amides is 2. The summed E-state index contributed by atoms with van der Waals surface area (Å²) in [4.78, 5) is 46.5. The summed E-state index contributed by atoms with van der Waals surface area (Å²) >= 11 is 0. The second kappa shape index (κ2) is 9.62. The van der Waals surface area contributed by atoms with Crippen LogP contribution in [0.15, 0.2) is 84.0 Å². The number of rotatable bonds is 7. The molecule has 3 aromatic rings. The van der Waals surface area contributed by atoms with Gasteiger partial charge in [0.2, 0.25) is 11.8 Å². The second-order valence-corrected chi connectivity index (χ2v) is 10.8. The SMILES string of the molecule is CCOC(=O)c1ccc(N2C(=O)[C@@H]3[C@H]4C[C@H]([C@H]5ON=C(c6ccc(OCc7ccccc7)cc6)[C@@H]45)[C@@H]3C2=O)cc1. The van der Waals surface area contributed by atoms with E-state index < -0.39 is 17.8 Å². The highest BCUT2D eigenvalue weighted by atomic mass is 16.6. The third-order valence-corrected chi connectivity index (χ3v) is 8.73. The van der Waals surface area contributed by atoms with Crippen molar-refractivity contribution in [3.05, 3.63) is 95.6 Å². The van der Waals surface area contributed by atoms with Gasteiger partial charge < -0.3 is 14.3 Å². The number of esters is 1. The fraction of sp³-hybridized carbons (Fsp3) is 0.312. The molecule has 8 nitrogen and oxygen atoms in total. The molecule has 2 bridgehead atoms. The Labute approximate surface area is 231 Å². The molecule has 40 heavy (non-hydrogen) atoms. The van der Waals surface area contributed by atoms with Crippen LogP contribution in [-0.4, -0.2) is 36.2 Å². The van der Waals surface area contributed by atoms with Crippen molar-refractivity contribution in [3.8, 4) is 5.75 Å². The monoisotopic (exact) mass is 536 g/mol. The lowest BCUT2D eigenvalue weighted by atomic mass is 9.71. The Balaban J connectivity index is 1.08. The summed E-state index contributed by atoms with van der Waals surface area (Å²) in [7, 11) is 0. The number of ether oxygens (including phenoxy) is 2. The maximum absolute atomic E-state index is 13.7. The first kappa shape index (κ1) is 24.6. The topological polar surface area (TPSA) is 94.5 Å². The van der Waals surface area contributed by atoms with Crippen molar-refractivity contribution in [2.24, 2.45) is 34.7 Å². The maximum atomic E-state index is 13.7. The van der Waals surface area contributed by atoms with Gasteiger partial charge in [0.1, 0.15) is 18.5 Å². The molecule has 2 heterocycles. The average Bonchev–Trinajstić information content (AvgIpc) is 3.73. The Bertz CT molecular complexity index is 1500. The summed E-state index contributed by atoms with van der Waals surface area (Å²) in [5.74, 6) is -0.970.